The third-order valence-corrected chi connectivity index (χ3v) is 6.31. The molecule has 1 N–H and O–H groups in total. The first kappa shape index (κ1) is 22.3. The number of hydrogen-bond acceptors (Lipinski definition) is 5. The Morgan fingerprint density at radius 3 is 2.38 bits per heavy atom. The summed E-state index contributed by atoms with van der Waals surface area (Å²) in [6.45, 7) is 4.59. The third-order valence-electron chi connectivity index (χ3n) is 4.24. The summed E-state index contributed by atoms with van der Waals surface area (Å²) in [5, 5.41) is 13.5. The Labute approximate surface area is 170 Å². The van der Waals surface area contributed by atoms with Gasteiger partial charge in [-0.3, -0.25) is 14.9 Å². The quantitative estimate of drug-likeness (QED) is 0.383. The number of nitro benzene ring substituents is 1. The molecule has 154 valence electrons. The standard InChI is InChI=1S/C20H23N3O5S/c1-3-22(4-2)29(27,28)19-11-8-17(9-12-19)15-21-20(24)13-10-16-6-5-7-18(14-16)23(25)26/h5-14H,3-4,15H2,1-2H3,(H,21,24)/b13-10+. The fraction of sp³-hybridized carbons (Fsp3) is 0.250. The summed E-state index contributed by atoms with van der Waals surface area (Å²) in [7, 11) is -3.51. The zero-order valence-electron chi connectivity index (χ0n) is 16.2. The number of nitrogens with zero attached hydrogens (tertiary/aromatic N) is 2. The van der Waals surface area contributed by atoms with Gasteiger partial charge in [-0.25, -0.2) is 8.42 Å². The molecule has 0 radical (unpaired) electrons. The van der Waals surface area contributed by atoms with Crippen molar-refractivity contribution in [3.05, 3.63) is 75.8 Å². The van der Waals surface area contributed by atoms with Crippen LogP contribution in [0.25, 0.3) is 6.08 Å². The largest absolute Gasteiger partial charge is 0.348 e. The number of amides is 1. The number of hydrogen-bond donors (Lipinski definition) is 1. The Morgan fingerprint density at radius 1 is 1.14 bits per heavy atom. The Morgan fingerprint density at radius 2 is 1.79 bits per heavy atom. The first-order valence-electron chi connectivity index (χ1n) is 9.07. The number of carbonyl (C=O) groups excluding carboxylic acids is 1. The van der Waals surface area contributed by atoms with Crippen molar-refractivity contribution in [3.63, 3.8) is 0 Å². The van der Waals surface area contributed by atoms with E-state index in [-0.39, 0.29) is 23.0 Å². The van der Waals surface area contributed by atoms with Gasteiger partial charge >= 0.3 is 0 Å². The van der Waals surface area contributed by atoms with Crippen molar-refractivity contribution in [2.75, 3.05) is 13.1 Å². The number of carbonyl (C=O) groups is 1. The summed E-state index contributed by atoms with van der Waals surface area (Å²) in [6.07, 6.45) is 2.78. The average molecular weight is 417 g/mol. The summed E-state index contributed by atoms with van der Waals surface area (Å²) in [5.41, 5.74) is 1.24. The van der Waals surface area contributed by atoms with E-state index < -0.39 is 14.9 Å². The highest BCUT2D eigenvalue weighted by molar-refractivity contribution is 7.89. The maximum atomic E-state index is 12.5. The molecule has 0 aliphatic heterocycles. The van der Waals surface area contributed by atoms with Crippen LogP contribution in [0, 0.1) is 10.1 Å². The van der Waals surface area contributed by atoms with E-state index in [4.69, 9.17) is 0 Å². The second-order valence-electron chi connectivity index (χ2n) is 6.14. The summed E-state index contributed by atoms with van der Waals surface area (Å²) in [5.74, 6) is -0.364. The number of rotatable bonds is 9. The second kappa shape index (κ2) is 9.94. The molecule has 0 fully saturated rings. The van der Waals surface area contributed by atoms with Crippen LogP contribution >= 0.6 is 0 Å². The van der Waals surface area contributed by atoms with Crippen LogP contribution in [0.5, 0.6) is 0 Å². The van der Waals surface area contributed by atoms with Gasteiger partial charge in [0, 0.05) is 37.8 Å². The highest BCUT2D eigenvalue weighted by Crippen LogP contribution is 2.16. The Kier molecular flexibility index (Phi) is 7.63. The fourth-order valence-corrected chi connectivity index (χ4v) is 4.11. The molecule has 29 heavy (non-hydrogen) atoms. The van der Waals surface area contributed by atoms with Gasteiger partial charge in [-0.05, 0) is 29.3 Å². The minimum absolute atomic E-state index is 0.0488. The maximum Gasteiger partial charge on any atom is 0.270 e. The van der Waals surface area contributed by atoms with E-state index in [1.165, 1.54) is 40.7 Å². The monoisotopic (exact) mass is 417 g/mol. The molecule has 2 rings (SSSR count). The molecule has 0 aliphatic rings. The van der Waals surface area contributed by atoms with Crippen molar-refractivity contribution in [2.24, 2.45) is 0 Å². The molecule has 1 amide bonds. The van der Waals surface area contributed by atoms with Gasteiger partial charge in [0.25, 0.3) is 5.69 Å². The van der Waals surface area contributed by atoms with E-state index in [9.17, 15) is 23.3 Å². The number of nitro groups is 1. The lowest BCUT2D eigenvalue weighted by molar-refractivity contribution is -0.384. The van der Waals surface area contributed by atoms with E-state index in [0.29, 0.717) is 18.7 Å². The first-order chi connectivity index (χ1) is 13.8. The lowest BCUT2D eigenvalue weighted by atomic mass is 10.2. The van der Waals surface area contributed by atoms with Crippen molar-refractivity contribution in [3.8, 4) is 0 Å². The van der Waals surface area contributed by atoms with E-state index in [2.05, 4.69) is 5.32 Å². The van der Waals surface area contributed by atoms with Gasteiger partial charge < -0.3 is 5.32 Å². The van der Waals surface area contributed by atoms with E-state index in [1.54, 1.807) is 38.1 Å². The van der Waals surface area contributed by atoms with Crippen LogP contribution < -0.4 is 5.32 Å². The normalized spacial score (nSPS) is 11.7. The van der Waals surface area contributed by atoms with Crippen LogP contribution in [0.15, 0.2) is 59.5 Å². The molecule has 0 saturated heterocycles. The van der Waals surface area contributed by atoms with E-state index in [0.717, 1.165) is 5.56 Å². The van der Waals surface area contributed by atoms with Crippen LogP contribution in [-0.4, -0.2) is 36.6 Å². The molecule has 0 saturated carbocycles. The lowest BCUT2D eigenvalue weighted by Gasteiger charge is -2.18. The van der Waals surface area contributed by atoms with Gasteiger partial charge in [-0.1, -0.05) is 38.1 Å². The number of benzene rings is 2. The van der Waals surface area contributed by atoms with Crippen molar-refractivity contribution in [1.29, 1.82) is 0 Å². The van der Waals surface area contributed by atoms with E-state index >= 15 is 0 Å². The zero-order chi connectivity index (χ0) is 21.4. The lowest BCUT2D eigenvalue weighted by Crippen LogP contribution is -2.30. The molecule has 0 spiro atoms. The first-order valence-corrected chi connectivity index (χ1v) is 10.5. The molecular formula is C20H23N3O5S. The molecule has 0 unspecified atom stereocenters. The minimum atomic E-state index is -3.51. The average Bonchev–Trinajstić information content (AvgIpc) is 2.72. The highest BCUT2D eigenvalue weighted by atomic mass is 32.2. The third kappa shape index (κ3) is 5.97. The molecule has 0 heterocycles. The van der Waals surface area contributed by atoms with Crippen LogP contribution in [0.1, 0.15) is 25.0 Å². The predicted molar refractivity (Wildman–Crippen MR) is 111 cm³/mol. The second-order valence-corrected chi connectivity index (χ2v) is 8.07. The van der Waals surface area contributed by atoms with Gasteiger partial charge in [0.2, 0.25) is 15.9 Å². The Balaban J connectivity index is 1.97. The van der Waals surface area contributed by atoms with Crippen LogP contribution in [0.2, 0.25) is 0 Å². The van der Waals surface area contributed by atoms with Gasteiger partial charge in [-0.15, -0.1) is 0 Å². The number of sulfonamides is 1. The molecule has 2 aromatic carbocycles. The summed E-state index contributed by atoms with van der Waals surface area (Å²) < 4.78 is 26.3. The van der Waals surface area contributed by atoms with Crippen molar-refractivity contribution in [1.82, 2.24) is 9.62 Å². The van der Waals surface area contributed by atoms with Crippen LogP contribution in [0.3, 0.4) is 0 Å². The maximum absolute atomic E-state index is 12.5. The van der Waals surface area contributed by atoms with Gasteiger partial charge in [0.1, 0.15) is 0 Å². The van der Waals surface area contributed by atoms with Crippen molar-refractivity contribution >= 4 is 27.7 Å². The fourth-order valence-electron chi connectivity index (χ4n) is 2.65. The van der Waals surface area contributed by atoms with E-state index in [1.807, 2.05) is 0 Å². The molecule has 2 aromatic rings. The smallest absolute Gasteiger partial charge is 0.270 e. The van der Waals surface area contributed by atoms with Crippen LogP contribution in [-0.2, 0) is 21.4 Å². The molecule has 0 atom stereocenters. The molecule has 0 aliphatic carbocycles. The zero-order valence-corrected chi connectivity index (χ0v) is 17.1. The summed E-state index contributed by atoms with van der Waals surface area (Å²) >= 11 is 0. The van der Waals surface area contributed by atoms with Gasteiger partial charge in [0.15, 0.2) is 0 Å². The Hall–Kier alpha value is -3.04. The molecule has 0 bridgehead atoms. The SMILES string of the molecule is CCN(CC)S(=O)(=O)c1ccc(CNC(=O)/C=C/c2cccc([N+](=O)[O-])c2)cc1. The molecular weight excluding hydrogens is 394 g/mol. The Bertz CT molecular complexity index is 997. The van der Waals surface area contributed by atoms with Crippen molar-refractivity contribution < 1.29 is 18.1 Å². The van der Waals surface area contributed by atoms with Gasteiger partial charge in [-0.2, -0.15) is 4.31 Å². The van der Waals surface area contributed by atoms with Crippen molar-refractivity contribution in [2.45, 2.75) is 25.3 Å². The highest BCUT2D eigenvalue weighted by Gasteiger charge is 2.21. The molecule has 0 aromatic heterocycles. The minimum Gasteiger partial charge on any atom is -0.348 e. The van der Waals surface area contributed by atoms with Crippen LogP contribution in [0.4, 0.5) is 5.69 Å². The summed E-state index contributed by atoms with van der Waals surface area (Å²) in [6, 6.07) is 12.3. The predicted octanol–water partition coefficient (Wildman–Crippen LogP) is 2.95. The number of nitrogens with one attached hydrogen (secondary N) is 1. The molecule has 9 heteroatoms. The molecule has 8 nitrogen and oxygen atoms in total. The topological polar surface area (TPSA) is 110 Å². The number of non-ortho nitro benzene ring substituents is 1. The van der Waals surface area contributed by atoms with Gasteiger partial charge in [0.05, 0.1) is 9.82 Å². The summed E-state index contributed by atoms with van der Waals surface area (Å²) in [4.78, 5) is 22.4.